The molecule has 20 heavy (non-hydrogen) atoms. The molecule has 2 rings (SSSR count). The normalized spacial score (nSPS) is 10.2. The van der Waals surface area contributed by atoms with Gasteiger partial charge in [0.1, 0.15) is 11.6 Å². The molecule has 6 heteroatoms. The molecule has 1 aromatic carbocycles. The van der Waals surface area contributed by atoms with E-state index in [0.29, 0.717) is 36.6 Å². The summed E-state index contributed by atoms with van der Waals surface area (Å²) in [6.45, 7) is 2.94. The van der Waals surface area contributed by atoms with E-state index in [-0.39, 0.29) is 5.91 Å². The Morgan fingerprint density at radius 3 is 3.00 bits per heavy atom. The van der Waals surface area contributed by atoms with Gasteiger partial charge in [0, 0.05) is 30.9 Å². The number of imidazole rings is 1. The van der Waals surface area contributed by atoms with Crippen molar-refractivity contribution in [3.8, 4) is 5.75 Å². The summed E-state index contributed by atoms with van der Waals surface area (Å²) in [5, 5.41) is 2.82. The fraction of sp³-hybridized carbons (Fsp3) is 0.286. The van der Waals surface area contributed by atoms with Gasteiger partial charge in [0.25, 0.3) is 5.91 Å². The molecule has 0 unspecified atom stereocenters. The van der Waals surface area contributed by atoms with E-state index in [9.17, 15) is 4.79 Å². The Morgan fingerprint density at radius 1 is 1.50 bits per heavy atom. The van der Waals surface area contributed by atoms with Gasteiger partial charge >= 0.3 is 0 Å². The third-order valence-corrected chi connectivity index (χ3v) is 2.77. The van der Waals surface area contributed by atoms with Gasteiger partial charge in [-0.1, -0.05) is 0 Å². The summed E-state index contributed by atoms with van der Waals surface area (Å²) in [7, 11) is 0. The first-order chi connectivity index (χ1) is 9.70. The Kier molecular flexibility index (Phi) is 4.60. The molecule has 0 fully saturated rings. The van der Waals surface area contributed by atoms with Gasteiger partial charge in [-0.05, 0) is 25.1 Å². The Labute approximate surface area is 117 Å². The topological polar surface area (TPSA) is 93.0 Å². The molecule has 1 amide bonds. The zero-order chi connectivity index (χ0) is 14.4. The van der Waals surface area contributed by atoms with E-state index in [2.05, 4.69) is 15.3 Å². The number of nitrogens with one attached hydrogen (secondary N) is 2. The van der Waals surface area contributed by atoms with E-state index in [1.54, 1.807) is 30.6 Å². The molecule has 6 nitrogen and oxygen atoms in total. The molecule has 4 N–H and O–H groups in total. The van der Waals surface area contributed by atoms with Crippen molar-refractivity contribution in [3.05, 3.63) is 42.0 Å². The second kappa shape index (κ2) is 6.60. The van der Waals surface area contributed by atoms with Crippen LogP contribution in [0.15, 0.2) is 30.6 Å². The number of nitrogen functional groups attached to an aromatic ring is 1. The number of aromatic nitrogens is 2. The average molecular weight is 274 g/mol. The largest absolute Gasteiger partial charge is 0.492 e. The number of anilines is 1. The Balaban J connectivity index is 1.90. The Morgan fingerprint density at radius 2 is 2.35 bits per heavy atom. The van der Waals surface area contributed by atoms with Gasteiger partial charge in [-0.15, -0.1) is 0 Å². The van der Waals surface area contributed by atoms with Crippen LogP contribution in [0.4, 0.5) is 5.69 Å². The molecular weight excluding hydrogens is 256 g/mol. The highest BCUT2D eigenvalue weighted by molar-refractivity contribution is 5.95. The van der Waals surface area contributed by atoms with Crippen molar-refractivity contribution in [1.82, 2.24) is 15.3 Å². The number of hydrogen-bond donors (Lipinski definition) is 3. The quantitative estimate of drug-likeness (QED) is 0.693. The molecule has 0 saturated heterocycles. The predicted molar refractivity (Wildman–Crippen MR) is 76.6 cm³/mol. The van der Waals surface area contributed by atoms with E-state index in [1.165, 1.54) is 0 Å². The number of carbonyl (C=O) groups excluding carboxylic acids is 1. The number of hydrogen-bond acceptors (Lipinski definition) is 4. The smallest absolute Gasteiger partial charge is 0.251 e. The van der Waals surface area contributed by atoms with Gasteiger partial charge < -0.3 is 20.8 Å². The van der Waals surface area contributed by atoms with Crippen molar-refractivity contribution >= 4 is 11.6 Å². The molecule has 1 aromatic heterocycles. The Hall–Kier alpha value is -2.50. The summed E-state index contributed by atoms with van der Waals surface area (Å²) < 4.78 is 5.33. The fourth-order valence-electron chi connectivity index (χ4n) is 1.81. The van der Waals surface area contributed by atoms with Crippen LogP contribution < -0.4 is 15.8 Å². The number of nitrogens with zero attached hydrogens (tertiary/aromatic N) is 1. The summed E-state index contributed by atoms with van der Waals surface area (Å²) in [6, 6.07) is 5.02. The van der Waals surface area contributed by atoms with Crippen LogP contribution >= 0.6 is 0 Å². The zero-order valence-corrected chi connectivity index (χ0v) is 11.3. The van der Waals surface area contributed by atoms with Crippen LogP contribution in [-0.2, 0) is 6.42 Å². The summed E-state index contributed by atoms with van der Waals surface area (Å²) in [5.41, 5.74) is 6.81. The van der Waals surface area contributed by atoms with E-state index >= 15 is 0 Å². The number of amides is 1. The fourth-order valence-corrected chi connectivity index (χ4v) is 1.81. The van der Waals surface area contributed by atoms with Crippen molar-refractivity contribution in [1.29, 1.82) is 0 Å². The van der Waals surface area contributed by atoms with E-state index in [4.69, 9.17) is 10.5 Å². The number of ether oxygens (including phenoxy) is 1. The lowest BCUT2D eigenvalue weighted by Gasteiger charge is -2.09. The van der Waals surface area contributed by atoms with Gasteiger partial charge in [-0.3, -0.25) is 4.79 Å². The molecule has 0 atom stereocenters. The predicted octanol–water partition coefficient (Wildman–Crippen LogP) is 1.36. The number of H-pyrrole nitrogens is 1. The van der Waals surface area contributed by atoms with Crippen LogP contribution in [0.3, 0.4) is 0 Å². The SMILES string of the molecule is CCOc1ccc(C(=O)NCCc2ncc[nH]2)cc1N. The molecule has 1 heterocycles. The number of nitrogens with two attached hydrogens (primary N) is 1. The minimum atomic E-state index is -0.161. The van der Waals surface area contributed by atoms with Gasteiger partial charge in [0.05, 0.1) is 12.3 Å². The first-order valence-corrected chi connectivity index (χ1v) is 6.49. The minimum Gasteiger partial charge on any atom is -0.492 e. The zero-order valence-electron chi connectivity index (χ0n) is 11.3. The number of rotatable bonds is 6. The molecule has 0 aliphatic heterocycles. The van der Waals surface area contributed by atoms with Crippen molar-refractivity contribution in [2.24, 2.45) is 0 Å². The molecular formula is C14H18N4O2. The van der Waals surface area contributed by atoms with Crippen molar-refractivity contribution in [2.75, 3.05) is 18.9 Å². The highest BCUT2D eigenvalue weighted by Crippen LogP contribution is 2.22. The second-order valence-corrected chi connectivity index (χ2v) is 4.23. The average Bonchev–Trinajstić information content (AvgIpc) is 2.94. The van der Waals surface area contributed by atoms with Gasteiger partial charge in [-0.25, -0.2) is 4.98 Å². The van der Waals surface area contributed by atoms with E-state index in [1.807, 2.05) is 6.92 Å². The van der Waals surface area contributed by atoms with Gasteiger partial charge in [-0.2, -0.15) is 0 Å². The molecule has 0 spiro atoms. The van der Waals surface area contributed by atoms with Crippen LogP contribution in [0, 0.1) is 0 Å². The second-order valence-electron chi connectivity index (χ2n) is 4.23. The summed E-state index contributed by atoms with van der Waals surface area (Å²) >= 11 is 0. The monoisotopic (exact) mass is 274 g/mol. The molecule has 0 saturated carbocycles. The first-order valence-electron chi connectivity index (χ1n) is 6.49. The highest BCUT2D eigenvalue weighted by Gasteiger charge is 2.08. The molecule has 106 valence electrons. The lowest BCUT2D eigenvalue weighted by atomic mass is 10.1. The van der Waals surface area contributed by atoms with Crippen molar-refractivity contribution in [3.63, 3.8) is 0 Å². The van der Waals surface area contributed by atoms with Crippen LogP contribution in [0.2, 0.25) is 0 Å². The number of benzene rings is 1. The maximum atomic E-state index is 12.0. The molecule has 2 aromatic rings. The lowest BCUT2D eigenvalue weighted by Crippen LogP contribution is -2.26. The standard InChI is InChI=1S/C14H18N4O2/c1-2-20-12-4-3-10(9-11(12)15)14(19)18-6-5-13-16-7-8-17-13/h3-4,7-9H,2,5-6,15H2,1H3,(H,16,17)(H,18,19). The molecule has 0 aliphatic carbocycles. The molecule has 0 aliphatic rings. The van der Waals surface area contributed by atoms with Gasteiger partial charge in [0.15, 0.2) is 0 Å². The van der Waals surface area contributed by atoms with E-state index in [0.717, 1.165) is 5.82 Å². The van der Waals surface area contributed by atoms with Crippen LogP contribution in [0.5, 0.6) is 5.75 Å². The Bertz CT molecular complexity index is 567. The molecule has 0 radical (unpaired) electrons. The molecule has 0 bridgehead atoms. The lowest BCUT2D eigenvalue weighted by molar-refractivity contribution is 0.0954. The number of carbonyl (C=O) groups is 1. The maximum absolute atomic E-state index is 12.0. The van der Waals surface area contributed by atoms with Gasteiger partial charge in [0.2, 0.25) is 0 Å². The van der Waals surface area contributed by atoms with Crippen molar-refractivity contribution in [2.45, 2.75) is 13.3 Å². The third-order valence-electron chi connectivity index (χ3n) is 2.77. The summed E-state index contributed by atoms with van der Waals surface area (Å²) in [6.07, 6.45) is 4.10. The van der Waals surface area contributed by atoms with E-state index < -0.39 is 0 Å². The van der Waals surface area contributed by atoms with Crippen molar-refractivity contribution < 1.29 is 9.53 Å². The summed E-state index contributed by atoms with van der Waals surface area (Å²) in [5.74, 6) is 1.28. The highest BCUT2D eigenvalue weighted by atomic mass is 16.5. The van der Waals surface area contributed by atoms with Crippen LogP contribution in [-0.4, -0.2) is 29.0 Å². The summed E-state index contributed by atoms with van der Waals surface area (Å²) in [4.78, 5) is 19.0. The van der Waals surface area contributed by atoms with Crippen LogP contribution in [0.1, 0.15) is 23.1 Å². The number of aromatic amines is 1. The van der Waals surface area contributed by atoms with Crippen LogP contribution in [0.25, 0.3) is 0 Å². The first kappa shape index (κ1) is 13.9. The maximum Gasteiger partial charge on any atom is 0.251 e. The third kappa shape index (κ3) is 3.50. The minimum absolute atomic E-state index is 0.161.